The number of nitrogens with one attached hydrogen (secondary N) is 4. The molecule has 0 radical (unpaired) electrons. The summed E-state index contributed by atoms with van der Waals surface area (Å²) in [6, 6.07) is 52.4. The Morgan fingerprint density at radius 1 is 0.521 bits per heavy atom. The average molecular weight is 1680 g/mol. The van der Waals surface area contributed by atoms with Crippen molar-refractivity contribution in [1.29, 1.82) is 0 Å². The number of alkyl halides is 2. The molecule has 36 heteroatoms. The predicted molar refractivity (Wildman–Crippen MR) is 416 cm³/mol. The number of alkyl carbamates (subject to hydrolysis) is 3. The van der Waals surface area contributed by atoms with Crippen molar-refractivity contribution in [2.45, 2.75) is 194 Å². The van der Waals surface area contributed by atoms with Crippen molar-refractivity contribution in [1.82, 2.24) is 31.1 Å². The summed E-state index contributed by atoms with van der Waals surface area (Å²) in [6.45, 7) is -3.63. The van der Waals surface area contributed by atoms with Gasteiger partial charge in [0.1, 0.15) is 106 Å². The number of rotatable bonds is 31. The predicted octanol–water partition coefficient (Wildman–Crippen LogP) is 8.34. The Morgan fingerprint density at radius 2 is 0.926 bits per heavy atom. The van der Waals surface area contributed by atoms with Gasteiger partial charge in [-0.05, 0) is 46.2 Å². The Labute approximate surface area is 693 Å². The van der Waals surface area contributed by atoms with E-state index in [9.17, 15) is 54.7 Å². The van der Waals surface area contributed by atoms with Crippen LogP contribution >= 0.6 is 0 Å². The first kappa shape index (κ1) is 87.5. The van der Waals surface area contributed by atoms with E-state index in [1.54, 1.807) is 219 Å². The zero-order valence-electron chi connectivity index (χ0n) is 65.4. The maximum atomic E-state index is 16.4. The molecule has 5 aliphatic heterocycles. The number of fused-ring (bicyclic) bond motifs is 2. The van der Waals surface area contributed by atoms with Gasteiger partial charge in [0.25, 0.3) is 11.8 Å². The largest absolute Gasteiger partial charge is 0.445 e. The third-order valence-corrected chi connectivity index (χ3v) is 21.0. The molecule has 0 bridgehead atoms. The SMILES string of the molecule is CCCCO[C@H](C(=O)N[C@@H]1C[C@H](NC(=O)OCc2ccccc2)[C@@H](O[C@H]2O[C@@H]3CN(C(=O)OCc4ccccc4)C(c4ccccc4)O[C@H]3[C@@H](O)[C@H]2NC(=O)OCc2ccccc2)[C@H](O[C@@H]2O[C@H](CO)[C@@H](O[C@H]3O[C@H]4CN(C(=O)OCc5ccccc5)C(c5ccccc5)O[C@H]4[C@H](O)[C@H]3NC(=O)OCc3ccccc3)C2=O)[C@H]1O)C(F)(F)CN=[N+]=[N-]. The molecule has 121 heavy (non-hydrogen) atoms. The van der Waals surface area contributed by atoms with Crippen LogP contribution in [0.25, 0.3) is 10.4 Å². The third kappa shape index (κ3) is 22.3. The number of halogens is 2. The molecule has 34 nitrogen and oxygen atoms in total. The summed E-state index contributed by atoms with van der Waals surface area (Å²) >= 11 is 0. The number of unbranched alkanes of at least 4 members (excludes halogenated alkanes) is 1. The summed E-state index contributed by atoms with van der Waals surface area (Å²) in [6.07, 6.45) is -37.5. The van der Waals surface area contributed by atoms with E-state index in [0.717, 1.165) is 0 Å². The summed E-state index contributed by atoms with van der Waals surface area (Å²) in [4.78, 5) is 107. The van der Waals surface area contributed by atoms with Crippen molar-refractivity contribution in [2.75, 3.05) is 32.8 Å². The average Bonchev–Trinajstić information content (AvgIpc) is 1.71. The maximum Gasteiger partial charge on any atom is 0.412 e. The van der Waals surface area contributed by atoms with Crippen LogP contribution in [0.2, 0.25) is 0 Å². The summed E-state index contributed by atoms with van der Waals surface area (Å²) < 4.78 is 120. The molecule has 5 heterocycles. The number of azide groups is 1. The number of amides is 6. The van der Waals surface area contributed by atoms with Gasteiger partial charge in [0.2, 0.25) is 12.1 Å². The maximum absolute atomic E-state index is 16.4. The fourth-order valence-electron chi connectivity index (χ4n) is 14.9. The molecule has 6 fully saturated rings. The van der Waals surface area contributed by atoms with E-state index in [1.807, 2.05) is 0 Å². The van der Waals surface area contributed by atoms with E-state index >= 15 is 13.6 Å². The Kier molecular flexibility index (Phi) is 30.2. The first-order valence-corrected chi connectivity index (χ1v) is 39.4. The van der Waals surface area contributed by atoms with Gasteiger partial charge in [-0.25, -0.2) is 32.8 Å². The summed E-state index contributed by atoms with van der Waals surface area (Å²) in [5, 5.41) is 63.6. The Balaban J connectivity index is 0.865. The lowest BCUT2D eigenvalue weighted by molar-refractivity contribution is -0.332. The first-order valence-electron chi connectivity index (χ1n) is 39.4. The number of aliphatic hydroxyl groups is 4. The zero-order chi connectivity index (χ0) is 84.9. The number of carbonyl (C=O) groups excluding carboxylic acids is 7. The van der Waals surface area contributed by atoms with Gasteiger partial charge in [-0.15, -0.1) is 0 Å². The Hall–Kier alpha value is -11.3. The standard InChI is InChI=1S/C85H93F2N9O25/c1-2-3-39-108-73(85(86,87)49-89-94-88)74(102)90-57-40-58(91-80(103)109-44-50-25-11-4-12-26-50)68(119-77-62(92-81(104)110-45-51-27-13-5-14-28-51)65(99)69-59(114-77)41-95(75(117-69)55-35-21-9-22-36-55)83(106)112-47-53-31-17-7-18-32-53)72(64(57)98)121-79-67(101)71(61(43-97)116-79)120-78-63(93-82(105)111-46-52-29-15-6-16-30-52)66(100)70-60(115-78)42-96(76(118-70)56-37-23-10-24-38-56)84(107)113-48-54-33-19-8-20-34-54/h4-38,57-66,68-73,75-79,97-100H,2-3,39-49H2,1H3,(H,90,102)(H,91,103)(H,92,104)(H,93,105)/t57-,58+,59-,60+,61-,62-,63-,64+,65+,66-,68-,69-,70-,71-,72-,73-,75?,76?,77-,78-,79+/m1/s1. The number of aliphatic hydroxyl groups excluding tert-OH is 4. The number of nitrogens with zero attached hydrogens (tertiary/aromatic N) is 5. The molecule has 8 N–H and O–H groups in total. The van der Waals surface area contributed by atoms with E-state index in [0.29, 0.717) is 45.4 Å². The lowest BCUT2D eigenvalue weighted by Gasteiger charge is -2.52. The van der Waals surface area contributed by atoms with E-state index in [-0.39, 0.29) is 39.5 Å². The van der Waals surface area contributed by atoms with Gasteiger partial charge < -0.3 is 108 Å². The molecule has 7 aromatic rings. The number of ketones is 1. The van der Waals surface area contributed by atoms with E-state index in [1.165, 1.54) is 9.80 Å². The lowest BCUT2D eigenvalue weighted by Crippen LogP contribution is -2.72. The minimum Gasteiger partial charge on any atom is -0.445 e. The van der Waals surface area contributed by atoms with Crippen molar-refractivity contribution < 1.29 is 129 Å². The molecule has 7 aromatic carbocycles. The molecule has 0 aromatic heterocycles. The number of hydrogen-bond acceptors (Lipinski definition) is 26. The number of ether oxygens (including phenoxy) is 14. The molecular weight excluding hydrogens is 1580 g/mol. The monoisotopic (exact) mass is 1680 g/mol. The topological polar surface area (TPSA) is 433 Å². The molecule has 21 atom stereocenters. The van der Waals surface area contributed by atoms with Crippen LogP contribution in [0.15, 0.2) is 217 Å². The van der Waals surface area contributed by atoms with Crippen LogP contribution in [-0.2, 0) is 109 Å². The Bertz CT molecular complexity index is 4590. The highest BCUT2D eigenvalue weighted by Crippen LogP contribution is 2.42. The van der Waals surface area contributed by atoms with Crippen LogP contribution < -0.4 is 21.3 Å². The summed E-state index contributed by atoms with van der Waals surface area (Å²) in [7, 11) is 0. The normalized spacial score (nSPS) is 27.8. The first-order chi connectivity index (χ1) is 58.7. The quantitative estimate of drug-likeness (QED) is 0.00665. The second kappa shape index (κ2) is 41.8. The van der Waals surface area contributed by atoms with Gasteiger partial charge in [0, 0.05) is 22.6 Å². The molecule has 13 rings (SSSR count). The number of carbonyl (C=O) groups is 7. The highest BCUT2D eigenvalue weighted by atomic mass is 19.3. The highest BCUT2D eigenvalue weighted by molar-refractivity contribution is 5.89. The van der Waals surface area contributed by atoms with E-state index < -0.39 is 216 Å². The van der Waals surface area contributed by atoms with Gasteiger partial charge >= 0.3 is 30.5 Å². The van der Waals surface area contributed by atoms with Crippen molar-refractivity contribution in [3.63, 3.8) is 0 Å². The second-order valence-electron chi connectivity index (χ2n) is 29.4. The Morgan fingerprint density at radius 3 is 1.34 bits per heavy atom. The van der Waals surface area contributed by atoms with Crippen molar-refractivity contribution in [3.05, 3.63) is 262 Å². The van der Waals surface area contributed by atoms with Crippen molar-refractivity contribution in [3.8, 4) is 0 Å². The van der Waals surface area contributed by atoms with Crippen molar-refractivity contribution in [2.24, 2.45) is 5.11 Å². The molecular formula is C85H93F2N9O25. The molecule has 5 saturated heterocycles. The van der Waals surface area contributed by atoms with Gasteiger partial charge in [-0.3, -0.25) is 19.4 Å². The molecule has 6 aliphatic rings. The minimum absolute atomic E-state index is 0.159. The number of Topliss-reactive ketones (excluding diaryl/α,β-unsaturated/α-hetero) is 1. The molecule has 2 unspecified atom stereocenters. The molecule has 1 aliphatic carbocycles. The van der Waals surface area contributed by atoms with Gasteiger partial charge in [0.15, 0.2) is 37.2 Å². The van der Waals surface area contributed by atoms with Crippen LogP contribution in [0.4, 0.5) is 32.8 Å². The smallest absolute Gasteiger partial charge is 0.412 e. The van der Waals surface area contributed by atoms with Gasteiger partial charge in [0.05, 0.1) is 38.3 Å². The van der Waals surface area contributed by atoms with Crippen LogP contribution in [0.3, 0.4) is 0 Å². The lowest BCUT2D eigenvalue weighted by atomic mass is 9.83. The second-order valence-corrected chi connectivity index (χ2v) is 29.4. The minimum atomic E-state index is -4.24. The third-order valence-electron chi connectivity index (χ3n) is 21.0. The number of benzene rings is 7. The fourth-order valence-corrected chi connectivity index (χ4v) is 14.9. The highest BCUT2D eigenvalue weighted by Gasteiger charge is 2.60. The fraction of sp³-hybridized carbons (Fsp3) is 0.424. The van der Waals surface area contributed by atoms with Gasteiger partial charge in [-0.1, -0.05) is 231 Å². The van der Waals surface area contributed by atoms with Crippen LogP contribution in [0, 0.1) is 0 Å². The molecule has 6 amide bonds. The van der Waals surface area contributed by atoms with Crippen LogP contribution in [0.5, 0.6) is 0 Å². The van der Waals surface area contributed by atoms with Crippen molar-refractivity contribution >= 4 is 42.2 Å². The number of hydrogen-bond donors (Lipinski definition) is 8. The summed E-state index contributed by atoms with van der Waals surface area (Å²) in [5.74, 6) is -7.08. The molecule has 642 valence electrons. The van der Waals surface area contributed by atoms with Gasteiger partial charge in [-0.2, -0.15) is 0 Å². The van der Waals surface area contributed by atoms with Crippen LogP contribution in [-0.4, -0.2) is 227 Å². The van der Waals surface area contributed by atoms with Crippen LogP contribution in [0.1, 0.15) is 77.6 Å². The zero-order valence-corrected chi connectivity index (χ0v) is 65.4. The molecule has 0 spiro atoms. The van der Waals surface area contributed by atoms with E-state index in [2.05, 4.69) is 31.3 Å². The summed E-state index contributed by atoms with van der Waals surface area (Å²) in [5.41, 5.74) is 12.9. The van der Waals surface area contributed by atoms with E-state index in [4.69, 9.17) is 66.3 Å². The molecule has 1 saturated carbocycles.